The molecular formula is C8H15NO. The van der Waals surface area contributed by atoms with E-state index in [9.17, 15) is 4.79 Å². The molecule has 2 nitrogen and oxygen atoms in total. The lowest BCUT2D eigenvalue weighted by atomic mass is 10.0. The third kappa shape index (κ3) is 3.28. The van der Waals surface area contributed by atoms with Gasteiger partial charge in [0.05, 0.1) is 0 Å². The molecule has 0 aliphatic carbocycles. The largest absolute Gasteiger partial charge is 0.355 e. The summed E-state index contributed by atoms with van der Waals surface area (Å²) < 4.78 is 0. The Labute approximate surface area is 62.3 Å². The van der Waals surface area contributed by atoms with E-state index >= 15 is 0 Å². The van der Waals surface area contributed by atoms with Gasteiger partial charge < -0.3 is 5.32 Å². The normalized spacial score (nSPS) is 12.2. The SMILES string of the molecule is C=C(CNC=O)C(C)CC. The maximum absolute atomic E-state index is 9.87. The van der Waals surface area contributed by atoms with Crippen molar-refractivity contribution in [3.05, 3.63) is 12.2 Å². The molecule has 0 aromatic heterocycles. The summed E-state index contributed by atoms with van der Waals surface area (Å²) >= 11 is 0. The van der Waals surface area contributed by atoms with Gasteiger partial charge in [0.25, 0.3) is 0 Å². The van der Waals surface area contributed by atoms with Crippen molar-refractivity contribution in [2.75, 3.05) is 6.54 Å². The highest BCUT2D eigenvalue weighted by Gasteiger charge is 2.01. The first-order valence-electron chi connectivity index (χ1n) is 3.57. The molecule has 2 heteroatoms. The van der Waals surface area contributed by atoms with Crippen LogP contribution in [0.3, 0.4) is 0 Å². The standard InChI is InChI=1S/C8H15NO/c1-4-7(2)8(3)5-9-6-10/h6-7H,3-5H2,1-2H3,(H,9,10). The quantitative estimate of drug-likeness (QED) is 0.454. The van der Waals surface area contributed by atoms with Gasteiger partial charge in [-0.05, 0) is 12.3 Å². The number of carbonyl (C=O) groups excluding carboxylic acids is 1. The zero-order valence-electron chi connectivity index (χ0n) is 6.68. The Morgan fingerprint density at radius 2 is 2.40 bits per heavy atom. The van der Waals surface area contributed by atoms with E-state index in [1.54, 1.807) is 0 Å². The lowest BCUT2D eigenvalue weighted by Crippen LogP contribution is -2.17. The third-order valence-corrected chi connectivity index (χ3v) is 1.72. The molecule has 0 rings (SSSR count). The van der Waals surface area contributed by atoms with Crippen LogP contribution in [0.5, 0.6) is 0 Å². The Kier molecular flexibility index (Phi) is 4.63. The van der Waals surface area contributed by atoms with Crippen molar-refractivity contribution in [3.8, 4) is 0 Å². The molecule has 0 fully saturated rings. The lowest BCUT2D eigenvalue weighted by molar-refractivity contribution is -0.109. The summed E-state index contributed by atoms with van der Waals surface area (Å²) in [6.07, 6.45) is 1.78. The van der Waals surface area contributed by atoms with Crippen LogP contribution in [0, 0.1) is 5.92 Å². The van der Waals surface area contributed by atoms with Gasteiger partial charge >= 0.3 is 0 Å². The van der Waals surface area contributed by atoms with Crippen LogP contribution in [-0.2, 0) is 4.79 Å². The van der Waals surface area contributed by atoms with E-state index in [1.807, 2.05) is 0 Å². The van der Waals surface area contributed by atoms with Gasteiger partial charge in [-0.2, -0.15) is 0 Å². The van der Waals surface area contributed by atoms with Gasteiger partial charge in [0, 0.05) is 6.54 Å². The fraction of sp³-hybridized carbons (Fsp3) is 0.625. The molecule has 0 aromatic rings. The van der Waals surface area contributed by atoms with E-state index in [0.717, 1.165) is 12.0 Å². The maximum atomic E-state index is 9.87. The van der Waals surface area contributed by atoms with Crippen molar-refractivity contribution in [1.82, 2.24) is 5.32 Å². The Bertz CT molecular complexity index is 120. The third-order valence-electron chi connectivity index (χ3n) is 1.72. The molecule has 1 N–H and O–H groups in total. The minimum absolute atomic E-state index is 0.507. The number of nitrogens with one attached hydrogen (secondary N) is 1. The Morgan fingerprint density at radius 3 is 2.80 bits per heavy atom. The van der Waals surface area contributed by atoms with Crippen molar-refractivity contribution in [1.29, 1.82) is 0 Å². The van der Waals surface area contributed by atoms with Crippen LogP contribution in [0.1, 0.15) is 20.3 Å². The Balaban J connectivity index is 3.51. The highest BCUT2D eigenvalue weighted by Crippen LogP contribution is 2.09. The summed E-state index contributed by atoms with van der Waals surface area (Å²) in [5, 5.41) is 2.58. The number of rotatable bonds is 5. The number of hydrogen-bond donors (Lipinski definition) is 1. The van der Waals surface area contributed by atoms with Crippen molar-refractivity contribution in [2.24, 2.45) is 5.92 Å². The predicted octanol–water partition coefficient (Wildman–Crippen LogP) is 1.33. The molecule has 0 saturated heterocycles. The van der Waals surface area contributed by atoms with E-state index in [2.05, 4.69) is 25.7 Å². The van der Waals surface area contributed by atoms with E-state index < -0.39 is 0 Å². The molecule has 1 atom stereocenters. The van der Waals surface area contributed by atoms with Gasteiger partial charge in [-0.25, -0.2) is 0 Å². The first-order chi connectivity index (χ1) is 4.72. The summed E-state index contributed by atoms with van der Waals surface area (Å²) in [6, 6.07) is 0. The van der Waals surface area contributed by atoms with Gasteiger partial charge in [-0.15, -0.1) is 0 Å². The molecule has 58 valence electrons. The van der Waals surface area contributed by atoms with Crippen LogP contribution in [0.2, 0.25) is 0 Å². The molecule has 10 heavy (non-hydrogen) atoms. The summed E-state index contributed by atoms with van der Waals surface area (Å²) in [4.78, 5) is 9.87. The van der Waals surface area contributed by atoms with Gasteiger partial charge in [0.15, 0.2) is 0 Å². The van der Waals surface area contributed by atoms with Crippen LogP contribution in [-0.4, -0.2) is 13.0 Å². The number of hydrogen-bond acceptors (Lipinski definition) is 1. The van der Waals surface area contributed by atoms with Crippen molar-refractivity contribution in [3.63, 3.8) is 0 Å². The molecule has 1 unspecified atom stereocenters. The van der Waals surface area contributed by atoms with Crippen LogP contribution < -0.4 is 5.32 Å². The van der Waals surface area contributed by atoms with E-state index in [1.165, 1.54) is 0 Å². The smallest absolute Gasteiger partial charge is 0.207 e. The highest BCUT2D eigenvalue weighted by atomic mass is 16.1. The number of amides is 1. The van der Waals surface area contributed by atoms with Crippen molar-refractivity contribution in [2.45, 2.75) is 20.3 Å². The molecule has 0 aliphatic rings. The summed E-state index contributed by atoms with van der Waals surface area (Å²) in [6.45, 7) is 8.67. The van der Waals surface area contributed by atoms with Crippen LogP contribution in [0.15, 0.2) is 12.2 Å². The Hall–Kier alpha value is -0.790. The van der Waals surface area contributed by atoms with Crippen LogP contribution >= 0.6 is 0 Å². The molecule has 0 heterocycles. The molecule has 0 spiro atoms. The van der Waals surface area contributed by atoms with E-state index in [0.29, 0.717) is 18.9 Å². The van der Waals surface area contributed by atoms with E-state index in [-0.39, 0.29) is 0 Å². The molecule has 0 aromatic carbocycles. The highest BCUT2D eigenvalue weighted by molar-refractivity contribution is 5.46. The number of carbonyl (C=O) groups is 1. The second-order valence-electron chi connectivity index (χ2n) is 2.47. The summed E-state index contributed by atoms with van der Waals surface area (Å²) in [7, 11) is 0. The maximum Gasteiger partial charge on any atom is 0.207 e. The molecule has 1 amide bonds. The molecule has 0 radical (unpaired) electrons. The first kappa shape index (κ1) is 9.21. The second kappa shape index (κ2) is 5.03. The minimum Gasteiger partial charge on any atom is -0.355 e. The lowest BCUT2D eigenvalue weighted by Gasteiger charge is -2.10. The minimum atomic E-state index is 0.507. The van der Waals surface area contributed by atoms with E-state index in [4.69, 9.17) is 0 Å². The topological polar surface area (TPSA) is 29.1 Å². The van der Waals surface area contributed by atoms with Crippen LogP contribution in [0.25, 0.3) is 0 Å². The molecule has 0 bridgehead atoms. The monoisotopic (exact) mass is 141 g/mol. The average Bonchev–Trinajstić information content (AvgIpc) is 1.98. The fourth-order valence-electron chi connectivity index (χ4n) is 0.636. The first-order valence-corrected chi connectivity index (χ1v) is 3.57. The van der Waals surface area contributed by atoms with Gasteiger partial charge in [0.1, 0.15) is 0 Å². The zero-order chi connectivity index (χ0) is 7.98. The second-order valence-corrected chi connectivity index (χ2v) is 2.47. The average molecular weight is 141 g/mol. The molecular weight excluding hydrogens is 126 g/mol. The summed E-state index contributed by atoms with van der Waals surface area (Å²) in [5.41, 5.74) is 1.09. The fourth-order valence-corrected chi connectivity index (χ4v) is 0.636. The predicted molar refractivity (Wildman–Crippen MR) is 42.7 cm³/mol. The Morgan fingerprint density at radius 1 is 1.80 bits per heavy atom. The van der Waals surface area contributed by atoms with Crippen molar-refractivity contribution >= 4 is 6.41 Å². The van der Waals surface area contributed by atoms with Crippen LogP contribution in [0.4, 0.5) is 0 Å². The zero-order valence-corrected chi connectivity index (χ0v) is 6.68. The molecule has 0 saturated carbocycles. The molecule has 0 aliphatic heterocycles. The van der Waals surface area contributed by atoms with Gasteiger partial charge in [0.2, 0.25) is 6.41 Å². The van der Waals surface area contributed by atoms with Crippen molar-refractivity contribution < 1.29 is 4.79 Å². The summed E-state index contributed by atoms with van der Waals surface area (Å²) in [5.74, 6) is 0.507. The van der Waals surface area contributed by atoms with Gasteiger partial charge in [-0.3, -0.25) is 4.79 Å². The van der Waals surface area contributed by atoms with Gasteiger partial charge in [-0.1, -0.05) is 26.0 Å².